The summed E-state index contributed by atoms with van der Waals surface area (Å²) in [6.45, 7) is 1.91. The molecule has 1 atom stereocenters. The van der Waals surface area contributed by atoms with Crippen molar-refractivity contribution in [3.8, 4) is 0 Å². The first-order valence-electron chi connectivity index (χ1n) is 4.06. The number of fused-ring (bicyclic) bond motifs is 1. The molecule has 12 heavy (non-hydrogen) atoms. The van der Waals surface area contributed by atoms with E-state index in [1.807, 2.05) is 13.0 Å². The monoisotopic (exact) mass is 165 g/mol. The van der Waals surface area contributed by atoms with Crippen LogP contribution in [0.15, 0.2) is 6.07 Å². The number of carbonyl (C=O) groups excluding carboxylic acids is 1. The van der Waals surface area contributed by atoms with Crippen LogP contribution < -0.4 is 0 Å². The molecule has 0 amide bonds. The lowest BCUT2D eigenvalue weighted by molar-refractivity contribution is 0.0852. The number of ketones is 1. The van der Waals surface area contributed by atoms with E-state index in [0.29, 0.717) is 6.42 Å². The molecule has 3 nitrogen and oxygen atoms in total. The fraction of sp³-hybridized carbons (Fsp3) is 0.444. The summed E-state index contributed by atoms with van der Waals surface area (Å²) in [6, 6.07) is 1.85. The van der Waals surface area contributed by atoms with Crippen molar-refractivity contribution < 1.29 is 9.90 Å². The van der Waals surface area contributed by atoms with E-state index in [9.17, 15) is 9.90 Å². The van der Waals surface area contributed by atoms with Crippen LogP contribution in [0.3, 0.4) is 0 Å². The van der Waals surface area contributed by atoms with Crippen LogP contribution in [0.2, 0.25) is 0 Å². The van der Waals surface area contributed by atoms with Crippen LogP contribution in [0.4, 0.5) is 0 Å². The van der Waals surface area contributed by atoms with Crippen molar-refractivity contribution in [2.24, 2.45) is 0 Å². The molecule has 0 fully saturated rings. The van der Waals surface area contributed by atoms with Crippen LogP contribution in [0.1, 0.15) is 28.2 Å². The van der Waals surface area contributed by atoms with Crippen LogP contribution in [-0.4, -0.2) is 22.0 Å². The molecular weight excluding hydrogens is 154 g/mol. The second-order valence-corrected chi connectivity index (χ2v) is 3.33. The smallest absolute Gasteiger partial charge is 0.167 e. The third-order valence-corrected chi connectivity index (χ3v) is 2.20. The predicted molar refractivity (Wildman–Crippen MR) is 44.2 cm³/mol. The Labute approximate surface area is 70.4 Å². The number of rotatable bonds is 0. The highest BCUT2D eigenvalue weighted by Gasteiger charge is 2.24. The van der Waals surface area contributed by atoms with Crippen LogP contribution in [0, 0.1) is 6.92 Å². The SMILES string of the molecule is Cc1cc2c([nH]1)CC(O)CC2=O. The van der Waals surface area contributed by atoms with Gasteiger partial charge in [-0.3, -0.25) is 4.79 Å². The molecule has 2 rings (SSSR count). The van der Waals surface area contributed by atoms with Gasteiger partial charge in [0.25, 0.3) is 0 Å². The minimum atomic E-state index is -0.497. The van der Waals surface area contributed by atoms with E-state index in [2.05, 4.69) is 4.98 Å². The molecule has 0 saturated heterocycles. The van der Waals surface area contributed by atoms with E-state index in [0.717, 1.165) is 17.0 Å². The number of hydrogen-bond donors (Lipinski definition) is 2. The van der Waals surface area contributed by atoms with Crippen molar-refractivity contribution in [3.05, 3.63) is 23.0 Å². The Morgan fingerprint density at radius 2 is 2.33 bits per heavy atom. The summed E-state index contributed by atoms with van der Waals surface area (Å²) >= 11 is 0. The van der Waals surface area contributed by atoms with Gasteiger partial charge < -0.3 is 10.1 Å². The van der Waals surface area contributed by atoms with Crippen molar-refractivity contribution in [1.82, 2.24) is 4.98 Å². The number of H-pyrrole nitrogens is 1. The van der Waals surface area contributed by atoms with Gasteiger partial charge in [-0.25, -0.2) is 0 Å². The highest BCUT2D eigenvalue weighted by Crippen LogP contribution is 2.21. The number of nitrogens with one attached hydrogen (secondary N) is 1. The average Bonchev–Trinajstić information content (AvgIpc) is 2.29. The summed E-state index contributed by atoms with van der Waals surface area (Å²) in [7, 11) is 0. The molecular formula is C9H11NO2. The van der Waals surface area contributed by atoms with E-state index >= 15 is 0 Å². The van der Waals surface area contributed by atoms with E-state index in [1.54, 1.807) is 0 Å². The van der Waals surface area contributed by atoms with Gasteiger partial charge in [0.05, 0.1) is 6.10 Å². The minimum absolute atomic E-state index is 0.0492. The lowest BCUT2D eigenvalue weighted by Crippen LogP contribution is -2.23. The fourth-order valence-corrected chi connectivity index (χ4v) is 1.69. The van der Waals surface area contributed by atoms with Crippen LogP contribution in [0.5, 0.6) is 0 Å². The molecule has 1 aliphatic rings. The second kappa shape index (κ2) is 2.45. The summed E-state index contributed by atoms with van der Waals surface area (Å²) < 4.78 is 0. The Morgan fingerprint density at radius 1 is 1.58 bits per heavy atom. The average molecular weight is 165 g/mol. The molecule has 0 bridgehead atoms. The number of carbonyl (C=O) groups is 1. The summed E-state index contributed by atoms with van der Waals surface area (Å²) in [4.78, 5) is 14.4. The van der Waals surface area contributed by atoms with Crippen LogP contribution >= 0.6 is 0 Å². The van der Waals surface area contributed by atoms with Gasteiger partial charge in [0.2, 0.25) is 0 Å². The Bertz CT molecular complexity index is 327. The van der Waals surface area contributed by atoms with Crippen molar-refractivity contribution in [2.45, 2.75) is 25.9 Å². The second-order valence-electron chi connectivity index (χ2n) is 3.33. The molecule has 0 aromatic carbocycles. The Balaban J connectivity index is 2.46. The number of aryl methyl sites for hydroxylation is 1. The molecule has 0 aliphatic heterocycles. The number of aliphatic hydroxyl groups is 1. The van der Waals surface area contributed by atoms with Crippen LogP contribution in [0.25, 0.3) is 0 Å². The summed E-state index contributed by atoms with van der Waals surface area (Å²) in [5.41, 5.74) is 2.64. The first-order valence-corrected chi connectivity index (χ1v) is 4.06. The zero-order valence-corrected chi connectivity index (χ0v) is 6.92. The van der Waals surface area contributed by atoms with Gasteiger partial charge in [-0.05, 0) is 13.0 Å². The van der Waals surface area contributed by atoms with Crippen molar-refractivity contribution in [3.63, 3.8) is 0 Å². The van der Waals surface area contributed by atoms with Gasteiger partial charge >= 0.3 is 0 Å². The number of Topliss-reactive ketones (excluding diaryl/α,β-unsaturated/α-hetero) is 1. The van der Waals surface area contributed by atoms with Gasteiger partial charge in [-0.2, -0.15) is 0 Å². The van der Waals surface area contributed by atoms with Gasteiger partial charge in [0.15, 0.2) is 5.78 Å². The molecule has 1 aromatic heterocycles. The fourth-order valence-electron chi connectivity index (χ4n) is 1.69. The van der Waals surface area contributed by atoms with Gasteiger partial charge in [-0.1, -0.05) is 0 Å². The molecule has 1 aromatic rings. The maximum absolute atomic E-state index is 11.3. The molecule has 0 saturated carbocycles. The molecule has 0 spiro atoms. The Kier molecular flexibility index (Phi) is 1.54. The highest BCUT2D eigenvalue weighted by atomic mass is 16.3. The van der Waals surface area contributed by atoms with Crippen molar-refractivity contribution in [1.29, 1.82) is 0 Å². The molecule has 1 heterocycles. The molecule has 1 aliphatic carbocycles. The maximum Gasteiger partial charge on any atom is 0.167 e. The molecule has 1 unspecified atom stereocenters. The van der Waals surface area contributed by atoms with Crippen molar-refractivity contribution >= 4 is 5.78 Å². The Hall–Kier alpha value is -1.09. The Morgan fingerprint density at radius 3 is 3.08 bits per heavy atom. The number of hydrogen-bond acceptors (Lipinski definition) is 2. The van der Waals surface area contributed by atoms with Gasteiger partial charge in [0.1, 0.15) is 0 Å². The maximum atomic E-state index is 11.3. The van der Waals surface area contributed by atoms with E-state index in [-0.39, 0.29) is 12.2 Å². The van der Waals surface area contributed by atoms with E-state index in [1.165, 1.54) is 0 Å². The zero-order chi connectivity index (χ0) is 8.72. The largest absolute Gasteiger partial charge is 0.392 e. The van der Waals surface area contributed by atoms with E-state index in [4.69, 9.17) is 0 Å². The summed E-state index contributed by atoms with van der Waals surface area (Å²) in [5.74, 6) is 0.0492. The van der Waals surface area contributed by atoms with Gasteiger partial charge in [-0.15, -0.1) is 0 Å². The summed E-state index contributed by atoms with van der Waals surface area (Å²) in [6.07, 6.45) is 0.349. The predicted octanol–water partition coefficient (Wildman–Crippen LogP) is 0.813. The normalized spacial score (nSPS) is 22.5. The quantitative estimate of drug-likeness (QED) is 0.597. The number of aliphatic hydroxyl groups excluding tert-OH is 1. The molecule has 64 valence electrons. The molecule has 0 radical (unpaired) electrons. The molecule has 2 N–H and O–H groups in total. The number of aromatic nitrogens is 1. The van der Waals surface area contributed by atoms with Gasteiger partial charge in [0, 0.05) is 29.8 Å². The first-order chi connectivity index (χ1) is 5.66. The van der Waals surface area contributed by atoms with E-state index < -0.39 is 6.10 Å². The highest BCUT2D eigenvalue weighted by molar-refractivity contribution is 5.98. The standard InChI is InChI=1S/C9H11NO2/c1-5-2-7-8(10-5)3-6(11)4-9(7)12/h2,6,10-11H,3-4H2,1H3. The van der Waals surface area contributed by atoms with Crippen LogP contribution in [-0.2, 0) is 6.42 Å². The minimum Gasteiger partial charge on any atom is -0.392 e. The zero-order valence-electron chi connectivity index (χ0n) is 6.92. The summed E-state index contributed by atoms with van der Waals surface area (Å²) in [5, 5.41) is 9.29. The van der Waals surface area contributed by atoms with Crippen molar-refractivity contribution in [2.75, 3.05) is 0 Å². The molecule has 3 heteroatoms. The third kappa shape index (κ3) is 1.06. The topological polar surface area (TPSA) is 53.1 Å². The number of aromatic amines is 1. The third-order valence-electron chi connectivity index (χ3n) is 2.20. The lowest BCUT2D eigenvalue weighted by atomic mass is 9.94. The first kappa shape index (κ1) is 7.55. The lowest BCUT2D eigenvalue weighted by Gasteiger charge is -2.15.